The van der Waals surface area contributed by atoms with E-state index in [0.717, 1.165) is 11.1 Å². The van der Waals surface area contributed by atoms with E-state index in [1.165, 1.54) is 24.3 Å². The normalized spacial score (nSPS) is 12.6. The molecular formula is C25H25FN2O3. The molecule has 0 saturated carbocycles. The van der Waals surface area contributed by atoms with Crippen LogP contribution in [0.15, 0.2) is 78.9 Å². The molecule has 0 heterocycles. The van der Waals surface area contributed by atoms with E-state index in [0.29, 0.717) is 5.56 Å². The van der Waals surface area contributed by atoms with E-state index in [1.54, 1.807) is 24.3 Å². The molecule has 0 aromatic heterocycles. The third kappa shape index (κ3) is 6.67. The third-order valence-electron chi connectivity index (χ3n) is 4.94. The average Bonchev–Trinajstić information content (AvgIpc) is 2.75. The van der Waals surface area contributed by atoms with Gasteiger partial charge in [0.15, 0.2) is 0 Å². The summed E-state index contributed by atoms with van der Waals surface area (Å²) >= 11 is 0. The van der Waals surface area contributed by atoms with Gasteiger partial charge >= 0.3 is 0 Å². The molecular weight excluding hydrogens is 395 g/mol. The minimum atomic E-state index is -0.832. The third-order valence-corrected chi connectivity index (χ3v) is 4.94. The van der Waals surface area contributed by atoms with Gasteiger partial charge < -0.3 is 15.7 Å². The number of amides is 2. The van der Waals surface area contributed by atoms with Crippen molar-refractivity contribution in [3.8, 4) is 5.75 Å². The first-order valence-electron chi connectivity index (χ1n) is 10.1. The minimum Gasteiger partial charge on any atom is -0.508 e. The molecule has 0 aliphatic heterocycles. The predicted octanol–water partition coefficient (Wildman–Crippen LogP) is 3.68. The summed E-state index contributed by atoms with van der Waals surface area (Å²) in [6, 6.07) is 20.7. The monoisotopic (exact) mass is 420 g/mol. The lowest BCUT2D eigenvalue weighted by Crippen LogP contribution is -2.49. The smallest absolute Gasteiger partial charge is 0.243 e. The first-order chi connectivity index (χ1) is 14.9. The van der Waals surface area contributed by atoms with Crippen molar-refractivity contribution in [1.29, 1.82) is 0 Å². The molecule has 0 unspecified atom stereocenters. The molecule has 0 saturated heterocycles. The van der Waals surface area contributed by atoms with Gasteiger partial charge in [-0.05, 0) is 47.9 Å². The molecule has 3 aromatic rings. The van der Waals surface area contributed by atoms with E-state index < -0.39 is 6.04 Å². The van der Waals surface area contributed by atoms with Gasteiger partial charge in [-0.15, -0.1) is 0 Å². The molecule has 6 heteroatoms. The maximum atomic E-state index is 13.3. The number of halogens is 1. The number of benzene rings is 3. The molecule has 3 N–H and O–H groups in total. The number of carbonyl (C=O) groups is 2. The molecule has 2 atom stereocenters. The van der Waals surface area contributed by atoms with Gasteiger partial charge in [0, 0.05) is 6.42 Å². The summed E-state index contributed by atoms with van der Waals surface area (Å²) in [6.07, 6.45) is 0.245. The van der Waals surface area contributed by atoms with Crippen LogP contribution < -0.4 is 10.6 Å². The fourth-order valence-corrected chi connectivity index (χ4v) is 3.30. The van der Waals surface area contributed by atoms with Crippen molar-refractivity contribution in [1.82, 2.24) is 10.6 Å². The second-order valence-corrected chi connectivity index (χ2v) is 7.44. The summed E-state index contributed by atoms with van der Waals surface area (Å²) in [7, 11) is 0. The van der Waals surface area contributed by atoms with Crippen LogP contribution in [-0.4, -0.2) is 23.0 Å². The highest BCUT2D eigenvalue weighted by Gasteiger charge is 2.23. The van der Waals surface area contributed by atoms with Crippen LogP contribution >= 0.6 is 0 Å². The van der Waals surface area contributed by atoms with Gasteiger partial charge in [0.1, 0.15) is 17.6 Å². The van der Waals surface area contributed by atoms with Crippen LogP contribution in [0.1, 0.15) is 29.7 Å². The van der Waals surface area contributed by atoms with Crippen LogP contribution in [0, 0.1) is 5.82 Å². The van der Waals surface area contributed by atoms with E-state index >= 15 is 0 Å². The fourth-order valence-electron chi connectivity index (χ4n) is 3.30. The van der Waals surface area contributed by atoms with Crippen LogP contribution in [-0.2, 0) is 22.4 Å². The van der Waals surface area contributed by atoms with Gasteiger partial charge in [0.25, 0.3) is 0 Å². The van der Waals surface area contributed by atoms with E-state index in [-0.39, 0.29) is 42.3 Å². The predicted molar refractivity (Wildman–Crippen MR) is 117 cm³/mol. The molecule has 0 fully saturated rings. The Labute approximate surface area is 180 Å². The number of aromatic hydroxyl groups is 1. The van der Waals surface area contributed by atoms with Gasteiger partial charge in [-0.2, -0.15) is 0 Å². The van der Waals surface area contributed by atoms with Crippen molar-refractivity contribution in [3.63, 3.8) is 0 Å². The van der Waals surface area contributed by atoms with Crippen LogP contribution in [0.25, 0.3) is 0 Å². The van der Waals surface area contributed by atoms with Crippen molar-refractivity contribution in [2.24, 2.45) is 0 Å². The Hall–Kier alpha value is -3.67. The van der Waals surface area contributed by atoms with Gasteiger partial charge in [-0.25, -0.2) is 4.39 Å². The first kappa shape index (κ1) is 22.0. The van der Waals surface area contributed by atoms with E-state index in [2.05, 4.69) is 10.6 Å². The largest absolute Gasteiger partial charge is 0.508 e. The molecule has 160 valence electrons. The average molecular weight is 420 g/mol. The van der Waals surface area contributed by atoms with Gasteiger partial charge in [-0.1, -0.05) is 54.6 Å². The molecule has 5 nitrogen and oxygen atoms in total. The maximum absolute atomic E-state index is 13.3. The molecule has 0 aliphatic rings. The van der Waals surface area contributed by atoms with Gasteiger partial charge in [0.2, 0.25) is 11.8 Å². The molecule has 0 radical (unpaired) electrons. The Morgan fingerprint density at radius 1 is 0.903 bits per heavy atom. The Morgan fingerprint density at radius 2 is 1.61 bits per heavy atom. The number of phenols is 1. The number of nitrogens with one attached hydrogen (secondary N) is 2. The summed E-state index contributed by atoms with van der Waals surface area (Å²) in [5.41, 5.74) is 2.31. The number of hydrogen-bond donors (Lipinski definition) is 3. The highest BCUT2D eigenvalue weighted by molar-refractivity contribution is 5.88. The number of hydrogen-bond acceptors (Lipinski definition) is 3. The zero-order valence-corrected chi connectivity index (χ0v) is 17.2. The Balaban J connectivity index is 1.72. The van der Waals surface area contributed by atoms with Crippen LogP contribution in [0.3, 0.4) is 0 Å². The van der Waals surface area contributed by atoms with Crippen LogP contribution in [0.5, 0.6) is 5.75 Å². The number of rotatable bonds is 8. The molecule has 0 bridgehead atoms. The minimum absolute atomic E-state index is 0.0236. The standard InChI is InChI=1S/C25H25FN2O3/c1-17(20-7-3-2-4-8-20)27-25(31)23(15-18-10-12-21(26)13-11-18)28-24(30)16-19-6-5-9-22(29)14-19/h2-14,17,23,29H,15-16H2,1H3,(H,27,31)(H,28,30)/t17-,23-/m0/s1. The number of carbonyl (C=O) groups excluding carboxylic acids is 2. The van der Waals surface area contributed by atoms with Crippen molar-refractivity contribution in [2.45, 2.75) is 31.8 Å². The second-order valence-electron chi connectivity index (χ2n) is 7.44. The van der Waals surface area contributed by atoms with Crippen molar-refractivity contribution < 1.29 is 19.1 Å². The zero-order chi connectivity index (χ0) is 22.2. The Morgan fingerprint density at radius 3 is 2.29 bits per heavy atom. The van der Waals surface area contributed by atoms with Crippen molar-refractivity contribution in [3.05, 3.63) is 101 Å². The first-order valence-corrected chi connectivity index (χ1v) is 10.1. The zero-order valence-electron chi connectivity index (χ0n) is 17.2. The fraction of sp³-hybridized carbons (Fsp3) is 0.200. The van der Waals surface area contributed by atoms with E-state index in [1.807, 2.05) is 37.3 Å². The SMILES string of the molecule is C[C@H](NC(=O)[C@H](Cc1ccc(F)cc1)NC(=O)Cc1cccc(O)c1)c1ccccc1. The van der Waals surface area contributed by atoms with Crippen molar-refractivity contribution >= 4 is 11.8 Å². The second kappa shape index (κ2) is 10.4. The molecule has 3 aromatic carbocycles. The summed E-state index contributed by atoms with van der Waals surface area (Å²) in [5, 5.41) is 15.3. The quantitative estimate of drug-likeness (QED) is 0.520. The highest BCUT2D eigenvalue weighted by atomic mass is 19.1. The Bertz CT molecular complexity index is 1020. The molecule has 3 rings (SSSR count). The molecule has 2 amide bonds. The summed E-state index contributed by atoms with van der Waals surface area (Å²) in [6.45, 7) is 1.87. The summed E-state index contributed by atoms with van der Waals surface area (Å²) in [4.78, 5) is 25.6. The summed E-state index contributed by atoms with van der Waals surface area (Å²) in [5.74, 6) is -0.969. The van der Waals surface area contributed by atoms with Gasteiger partial charge in [-0.3, -0.25) is 9.59 Å². The lowest BCUT2D eigenvalue weighted by atomic mass is 10.0. The highest BCUT2D eigenvalue weighted by Crippen LogP contribution is 2.14. The maximum Gasteiger partial charge on any atom is 0.243 e. The lowest BCUT2D eigenvalue weighted by Gasteiger charge is -2.22. The summed E-state index contributed by atoms with van der Waals surface area (Å²) < 4.78 is 13.3. The molecule has 31 heavy (non-hydrogen) atoms. The van der Waals surface area contributed by atoms with Crippen LogP contribution in [0.2, 0.25) is 0 Å². The Kier molecular flexibility index (Phi) is 7.38. The lowest BCUT2D eigenvalue weighted by molar-refractivity contribution is -0.129. The number of phenolic OH excluding ortho intramolecular Hbond substituents is 1. The van der Waals surface area contributed by atoms with E-state index in [9.17, 15) is 19.1 Å². The molecule has 0 spiro atoms. The molecule has 0 aliphatic carbocycles. The van der Waals surface area contributed by atoms with E-state index in [4.69, 9.17) is 0 Å². The topological polar surface area (TPSA) is 78.4 Å². The van der Waals surface area contributed by atoms with Crippen molar-refractivity contribution in [2.75, 3.05) is 0 Å². The van der Waals surface area contributed by atoms with Crippen LogP contribution in [0.4, 0.5) is 4.39 Å². The van der Waals surface area contributed by atoms with Gasteiger partial charge in [0.05, 0.1) is 12.5 Å².